The van der Waals surface area contributed by atoms with Gasteiger partial charge in [-0.25, -0.2) is 14.4 Å². The van der Waals surface area contributed by atoms with Gasteiger partial charge in [0.1, 0.15) is 17.1 Å². The van der Waals surface area contributed by atoms with E-state index < -0.39 is 52.7 Å². The normalized spacial score (nSPS) is 16.2. The Balaban J connectivity index is 0.000000180. The molecule has 5 aliphatic rings. The van der Waals surface area contributed by atoms with E-state index in [9.17, 15) is 47.9 Å². The Morgan fingerprint density at radius 1 is 0.520 bits per heavy atom. The number of nitrogens with zero attached hydrogens (tertiary/aromatic N) is 10. The third-order valence-electron chi connectivity index (χ3n) is 23.5. The molecule has 1 N–H and O–H groups in total. The van der Waals surface area contributed by atoms with Gasteiger partial charge in [0, 0.05) is 162 Å². The monoisotopic (exact) mass is 1700 g/mol. The molecular weight excluding hydrogens is 1590 g/mol. The van der Waals surface area contributed by atoms with Gasteiger partial charge in [0.15, 0.2) is 17.3 Å². The summed E-state index contributed by atoms with van der Waals surface area (Å²) < 4.78 is 27.1. The zero-order chi connectivity index (χ0) is 88.1. The Hall–Kier alpha value is -10.9. The number of hydrogen-bond donors (Lipinski definition) is 1. The smallest absolute Gasteiger partial charge is 0.362 e. The van der Waals surface area contributed by atoms with E-state index >= 15 is 0 Å². The summed E-state index contributed by atoms with van der Waals surface area (Å²) in [5.74, 6) is -3.24. The van der Waals surface area contributed by atoms with E-state index in [1.807, 2.05) is 160 Å². The number of carbonyl (C=O) groups excluding carboxylic acids is 10. The number of aryl methyl sites for hydroxylation is 1. The van der Waals surface area contributed by atoms with Crippen molar-refractivity contribution in [3.05, 3.63) is 191 Å². The minimum absolute atomic E-state index is 0.00227. The lowest BCUT2D eigenvalue weighted by molar-refractivity contribution is -0.143. The van der Waals surface area contributed by atoms with Crippen LogP contribution in [-0.2, 0) is 59.2 Å². The van der Waals surface area contributed by atoms with Gasteiger partial charge < -0.3 is 57.4 Å². The van der Waals surface area contributed by atoms with Crippen LogP contribution in [0.15, 0.2) is 173 Å². The van der Waals surface area contributed by atoms with Crippen molar-refractivity contribution in [1.82, 2.24) is 38.6 Å². The number of fused-ring (bicyclic) bond motifs is 3. The number of oxime groups is 3. The zero-order valence-electron chi connectivity index (χ0n) is 72.2. The van der Waals surface area contributed by atoms with Crippen molar-refractivity contribution in [1.29, 1.82) is 0 Å². The van der Waals surface area contributed by atoms with E-state index in [0.717, 1.165) is 77.7 Å². The molecule has 0 spiro atoms. The van der Waals surface area contributed by atoms with Crippen LogP contribution in [0.4, 0.5) is 0 Å². The number of carbonyl (C=O) groups is 10. The van der Waals surface area contributed by atoms with Gasteiger partial charge in [-0.3, -0.25) is 48.3 Å². The van der Waals surface area contributed by atoms with Crippen molar-refractivity contribution in [3.8, 4) is 11.4 Å². The number of halogens is 1. The molecule has 1 aliphatic carbocycles. The number of para-hydroxylation sites is 2. The van der Waals surface area contributed by atoms with Gasteiger partial charge in [0.05, 0.1) is 87.2 Å². The molecule has 13 rings (SSSR count). The number of aromatic nitrogens is 3. The van der Waals surface area contributed by atoms with E-state index in [1.54, 1.807) is 54.6 Å². The van der Waals surface area contributed by atoms with E-state index in [-0.39, 0.29) is 69.8 Å². The fourth-order valence-corrected chi connectivity index (χ4v) is 16.0. The zero-order valence-corrected chi connectivity index (χ0v) is 72.9. The lowest BCUT2D eigenvalue weighted by Crippen LogP contribution is -2.54. The molecule has 0 amide bonds. The quantitative estimate of drug-likeness (QED) is 0.00997. The Morgan fingerprint density at radius 3 is 1.47 bits per heavy atom. The first-order valence-corrected chi connectivity index (χ1v) is 42.7. The number of ether oxygens (including phenoxy) is 4. The van der Waals surface area contributed by atoms with E-state index in [4.69, 9.17) is 45.1 Å². The average Bonchev–Trinajstić information content (AvgIpc) is 1.62. The van der Waals surface area contributed by atoms with Crippen molar-refractivity contribution in [2.75, 3.05) is 125 Å². The topological polar surface area (TPSA) is 312 Å². The number of methoxy groups -OCH3 is 1. The number of benzene rings is 5. The highest BCUT2D eigenvalue weighted by Crippen LogP contribution is 2.35. The molecule has 29 heteroatoms. The minimum Gasteiger partial charge on any atom is -0.469 e. The maximum atomic E-state index is 13.9. The predicted octanol–water partition coefficient (Wildman–Crippen LogP) is 13.3. The van der Waals surface area contributed by atoms with Crippen LogP contribution in [0.2, 0.25) is 0 Å². The minimum atomic E-state index is -0.724. The molecule has 28 nitrogen and oxygen atoms in total. The Morgan fingerprint density at radius 2 is 1.00 bits per heavy atom. The second kappa shape index (κ2) is 42.9. The van der Waals surface area contributed by atoms with Gasteiger partial charge >= 0.3 is 23.9 Å². The lowest BCUT2D eigenvalue weighted by atomic mass is 9.88. The summed E-state index contributed by atoms with van der Waals surface area (Å²) in [6, 6.07) is 35.0. The molecular formula is C94H112ClN11O17. The van der Waals surface area contributed by atoms with Crippen LogP contribution < -0.4 is 5.32 Å². The second-order valence-electron chi connectivity index (χ2n) is 32.2. The number of allylic oxidation sites excluding steroid dienone is 3. The maximum Gasteiger partial charge on any atom is 0.362 e. The number of alkyl halides is 1. The van der Waals surface area contributed by atoms with E-state index in [2.05, 4.69) is 54.2 Å². The van der Waals surface area contributed by atoms with Gasteiger partial charge in [-0.15, -0.1) is 11.6 Å². The predicted molar refractivity (Wildman–Crippen MR) is 472 cm³/mol. The van der Waals surface area contributed by atoms with Gasteiger partial charge in [-0.2, -0.15) is 0 Å². The highest BCUT2D eigenvalue weighted by atomic mass is 35.5. The van der Waals surface area contributed by atoms with Crippen molar-refractivity contribution in [2.24, 2.45) is 21.4 Å². The van der Waals surface area contributed by atoms with Crippen LogP contribution in [-0.4, -0.2) is 250 Å². The number of morpholine rings is 3. The Bertz CT molecular complexity index is 5330. The number of piperidine rings is 1. The van der Waals surface area contributed by atoms with Crippen molar-refractivity contribution in [3.63, 3.8) is 0 Å². The van der Waals surface area contributed by atoms with Gasteiger partial charge in [-0.05, 0) is 185 Å². The molecule has 4 aliphatic heterocycles. The van der Waals surface area contributed by atoms with Crippen LogP contribution in [0, 0.1) is 5.92 Å². The van der Waals surface area contributed by atoms with Gasteiger partial charge in [0.2, 0.25) is 17.3 Å². The summed E-state index contributed by atoms with van der Waals surface area (Å²) in [5.41, 5.74) is 5.54. The molecule has 7 heterocycles. The van der Waals surface area contributed by atoms with Crippen LogP contribution in [0.3, 0.4) is 0 Å². The molecule has 3 aromatic heterocycles. The van der Waals surface area contributed by atoms with Crippen LogP contribution >= 0.6 is 11.6 Å². The molecule has 5 aromatic carbocycles. The fourth-order valence-electron chi connectivity index (χ4n) is 15.9. The van der Waals surface area contributed by atoms with Gasteiger partial charge in [-0.1, -0.05) is 83.9 Å². The van der Waals surface area contributed by atoms with Crippen molar-refractivity contribution in [2.45, 2.75) is 137 Å². The summed E-state index contributed by atoms with van der Waals surface area (Å²) in [7, 11) is 1.20. The third-order valence-corrected chi connectivity index (χ3v) is 23.7. The first-order chi connectivity index (χ1) is 59.1. The second-order valence-corrected chi connectivity index (χ2v) is 32.6. The number of nitrogens with one attached hydrogen (secondary N) is 1. The third kappa shape index (κ3) is 22.6. The number of rotatable bonds is 33. The van der Waals surface area contributed by atoms with Crippen molar-refractivity contribution >= 4 is 120 Å². The molecule has 123 heavy (non-hydrogen) atoms. The Kier molecular flexibility index (Phi) is 32.4. The summed E-state index contributed by atoms with van der Waals surface area (Å²) in [6.07, 6.45) is 13.2. The van der Waals surface area contributed by atoms with Crippen molar-refractivity contribution < 1.29 is 81.4 Å². The molecule has 0 saturated carbocycles. The molecule has 0 bridgehead atoms. The summed E-state index contributed by atoms with van der Waals surface area (Å²) in [6.45, 7) is 31.6. The van der Waals surface area contributed by atoms with Gasteiger partial charge in [0.25, 0.3) is 0 Å². The summed E-state index contributed by atoms with van der Waals surface area (Å²) >= 11 is 5.64. The first-order valence-electron chi connectivity index (χ1n) is 42.1. The largest absolute Gasteiger partial charge is 0.469 e. The van der Waals surface area contributed by atoms with Crippen LogP contribution in [0.25, 0.3) is 44.1 Å². The van der Waals surface area contributed by atoms with E-state index in [1.165, 1.54) is 14.0 Å². The highest BCUT2D eigenvalue weighted by molar-refractivity contribution is 6.49. The summed E-state index contributed by atoms with van der Waals surface area (Å²) in [5, 5.41) is 17.4. The standard InChI is InChI=1S/C33H41ClN4O5.C33H33N3O7.C28H38N4O5/c1-5-36(6-2)18-16-28(35-43-30(39)15-17-34)31(40)24-11-13-25(14-12-24)38-23-27(26-9-7-8-10-29(26)38)32(41)33(3,4)37-19-21-42-22-20-37;1-33(2,35-16-18-42-19-17-35)31(39)26-21-36(28-11-7-6-10-25(26)28)24-14-12-22(13-15-24)30(38)27(20-29(37)41-3)34-43-32(40)23-8-4-5-9-23;1-5-31-18-23(26(34)24(30-37-19(2)33)16-20-8-10-29-11-9-20)22-17-21(6-7-25(22)31)27(35)28(3,4)32-12-14-36-15-13-32/h7-14,23H,5-6,15-22H2,1-4H3;4-8,10-15,21H,9,16-20H2,1-3H3;6-7,17-18,20,29H,5,8-16H2,1-4H3/b35-28+;34-27+;30-24+. The SMILES string of the molecule is CCN(CC)CC/C(=N\OC(=O)CCCl)C(=O)c1ccc(-n2cc(C(=O)C(C)(C)N3CCOCC3)c3ccccc32)cc1.CCn1cc(C(=O)/C(CC2CCNCC2)=N/OC(C)=O)c2cc(C(=O)C(C)(C)N3CCOCC3)ccc21.COC(=O)C/C(=N\OC(=O)C1=CC=CC1)C(=O)c1ccc(-n2cc(C(=O)C(C)(C)N3CCOCC3)c3ccccc32)cc1. The lowest BCUT2D eigenvalue weighted by Gasteiger charge is -2.39. The number of Topliss-reactive ketones (excluding diaryl/α,β-unsaturated/α-hetero) is 6. The number of ketones is 6. The molecule has 0 atom stereocenters. The first kappa shape index (κ1) is 92.8. The molecule has 652 valence electrons. The maximum absolute atomic E-state index is 13.9. The van der Waals surface area contributed by atoms with E-state index in [0.29, 0.717) is 150 Å². The highest BCUT2D eigenvalue weighted by Gasteiger charge is 2.41. The van der Waals surface area contributed by atoms with Crippen LogP contribution in [0.1, 0.15) is 176 Å². The van der Waals surface area contributed by atoms with Crippen LogP contribution in [0.5, 0.6) is 0 Å². The fraction of sp³-hybridized carbons (Fsp3) is 0.436. The number of esters is 1. The molecule has 4 saturated heterocycles. The Labute approximate surface area is 722 Å². The molecule has 8 aromatic rings. The molecule has 0 unspecified atom stereocenters. The number of hydrogen-bond acceptors (Lipinski definition) is 25. The average molecular weight is 1700 g/mol. The molecule has 4 fully saturated rings. The summed E-state index contributed by atoms with van der Waals surface area (Å²) in [4.78, 5) is 153. The molecule has 0 radical (unpaired) electrons.